The van der Waals surface area contributed by atoms with Crippen LogP contribution in [0.5, 0.6) is 0 Å². The highest BCUT2D eigenvalue weighted by Crippen LogP contribution is 1.91. The molecule has 0 fully saturated rings. The largest absolute Gasteiger partial charge is 0.362 e. The molecule has 0 aliphatic rings. The highest BCUT2D eigenvalue weighted by Gasteiger charge is 2.03. The monoisotopic (exact) mass is 340 g/mol. The summed E-state index contributed by atoms with van der Waals surface area (Å²) in [6, 6.07) is 6.96. The van der Waals surface area contributed by atoms with E-state index in [-0.39, 0.29) is 13.2 Å². The van der Waals surface area contributed by atoms with E-state index in [0.717, 1.165) is 11.1 Å². The number of hydrazone groups is 2. The zero-order valence-electron chi connectivity index (χ0n) is 13.2. The van der Waals surface area contributed by atoms with Gasteiger partial charge in [-0.1, -0.05) is 0 Å². The quantitative estimate of drug-likeness (QED) is 0.522. The molecule has 0 saturated heterocycles. The van der Waals surface area contributed by atoms with Gasteiger partial charge in [0.15, 0.2) is 0 Å². The number of rotatable bonds is 8. The van der Waals surface area contributed by atoms with Gasteiger partial charge >= 0.3 is 0 Å². The third-order valence-electron chi connectivity index (χ3n) is 2.68. The van der Waals surface area contributed by atoms with Crippen molar-refractivity contribution in [2.75, 3.05) is 13.2 Å². The molecule has 128 valence electrons. The average molecular weight is 340 g/mol. The van der Waals surface area contributed by atoms with E-state index in [1.165, 1.54) is 12.4 Å². The summed E-state index contributed by atoms with van der Waals surface area (Å²) in [5.74, 6) is -0.947. The Bertz CT molecular complexity index is 671. The average Bonchev–Trinajstić information content (AvgIpc) is 2.63. The van der Waals surface area contributed by atoms with Gasteiger partial charge in [0.25, 0.3) is 11.8 Å². The van der Waals surface area contributed by atoms with E-state index in [1.54, 1.807) is 49.1 Å². The van der Waals surface area contributed by atoms with E-state index in [1.807, 2.05) is 0 Å². The Morgan fingerprint density at radius 2 is 1.24 bits per heavy atom. The van der Waals surface area contributed by atoms with Gasteiger partial charge in [-0.25, -0.2) is 10.9 Å². The molecule has 2 aromatic rings. The van der Waals surface area contributed by atoms with E-state index in [4.69, 9.17) is 4.74 Å². The van der Waals surface area contributed by atoms with Crippen LogP contribution in [0, 0.1) is 0 Å². The second-order valence-electron chi connectivity index (χ2n) is 4.64. The lowest BCUT2D eigenvalue weighted by molar-refractivity contribution is -0.130. The van der Waals surface area contributed by atoms with Crippen molar-refractivity contribution in [3.8, 4) is 0 Å². The lowest BCUT2D eigenvalue weighted by Crippen LogP contribution is -2.28. The van der Waals surface area contributed by atoms with Crippen molar-refractivity contribution in [1.82, 2.24) is 20.8 Å². The molecular formula is C16H16N6O3. The van der Waals surface area contributed by atoms with E-state index < -0.39 is 11.8 Å². The molecule has 0 aromatic carbocycles. The fourth-order valence-electron chi connectivity index (χ4n) is 1.56. The summed E-state index contributed by atoms with van der Waals surface area (Å²) in [6.45, 7) is -0.593. The van der Waals surface area contributed by atoms with Crippen LogP contribution < -0.4 is 10.9 Å². The minimum Gasteiger partial charge on any atom is -0.362 e. The Labute approximate surface area is 143 Å². The first kappa shape index (κ1) is 17.9. The lowest BCUT2D eigenvalue weighted by Gasteiger charge is -2.02. The molecule has 2 aromatic heterocycles. The molecular weight excluding hydrogens is 324 g/mol. The Balaban J connectivity index is 1.59. The molecule has 0 bridgehead atoms. The number of carbonyl (C=O) groups excluding carboxylic acids is 2. The second-order valence-corrected chi connectivity index (χ2v) is 4.64. The number of hydrogen-bond donors (Lipinski definition) is 2. The number of aromatic nitrogens is 2. The molecule has 0 aliphatic carbocycles. The topological polar surface area (TPSA) is 118 Å². The lowest BCUT2D eigenvalue weighted by atomic mass is 10.3. The van der Waals surface area contributed by atoms with Crippen LogP contribution in [-0.2, 0) is 14.3 Å². The number of carbonyl (C=O) groups is 2. The zero-order valence-corrected chi connectivity index (χ0v) is 13.2. The summed E-state index contributed by atoms with van der Waals surface area (Å²) in [7, 11) is 0. The fraction of sp³-hybridized carbons (Fsp3) is 0.125. The molecule has 25 heavy (non-hydrogen) atoms. The van der Waals surface area contributed by atoms with Gasteiger partial charge < -0.3 is 4.74 Å². The maximum Gasteiger partial charge on any atom is 0.266 e. The molecule has 0 saturated carbocycles. The van der Waals surface area contributed by atoms with Gasteiger partial charge in [0, 0.05) is 24.8 Å². The van der Waals surface area contributed by atoms with E-state index >= 15 is 0 Å². The molecule has 0 atom stereocenters. The molecule has 2 heterocycles. The van der Waals surface area contributed by atoms with Crippen LogP contribution in [0.2, 0.25) is 0 Å². The van der Waals surface area contributed by atoms with Crippen LogP contribution >= 0.6 is 0 Å². The maximum atomic E-state index is 11.5. The van der Waals surface area contributed by atoms with Crippen molar-refractivity contribution < 1.29 is 14.3 Å². The highest BCUT2D eigenvalue weighted by molar-refractivity contribution is 5.84. The molecule has 2 rings (SSSR count). The zero-order chi connectivity index (χ0) is 17.7. The first-order valence-corrected chi connectivity index (χ1v) is 7.25. The van der Waals surface area contributed by atoms with E-state index in [2.05, 4.69) is 31.0 Å². The molecule has 9 heteroatoms. The summed E-state index contributed by atoms with van der Waals surface area (Å²) in [4.78, 5) is 30.7. The highest BCUT2D eigenvalue weighted by atomic mass is 16.5. The number of ether oxygens (including phenoxy) is 1. The first-order valence-electron chi connectivity index (χ1n) is 7.25. The molecule has 0 aliphatic heterocycles. The van der Waals surface area contributed by atoms with E-state index in [0.29, 0.717) is 0 Å². The van der Waals surface area contributed by atoms with Crippen molar-refractivity contribution in [2.45, 2.75) is 0 Å². The summed E-state index contributed by atoms with van der Waals surface area (Å²) < 4.78 is 4.97. The number of hydrogen-bond acceptors (Lipinski definition) is 7. The van der Waals surface area contributed by atoms with Crippen molar-refractivity contribution in [1.29, 1.82) is 0 Å². The number of nitrogens with zero attached hydrogens (tertiary/aromatic N) is 4. The van der Waals surface area contributed by atoms with Crippen LogP contribution in [0.15, 0.2) is 59.3 Å². The molecule has 2 amide bonds. The third-order valence-corrected chi connectivity index (χ3v) is 2.68. The van der Waals surface area contributed by atoms with Gasteiger partial charge in [-0.05, 0) is 35.4 Å². The number of nitrogens with one attached hydrogen (secondary N) is 2. The molecule has 0 spiro atoms. The number of amides is 2. The second kappa shape index (κ2) is 10.3. The summed E-state index contributed by atoms with van der Waals surface area (Å²) in [6.07, 6.45) is 9.40. The standard InChI is InChI=1S/C16H16N6O3/c23-15(21-19-9-13-1-5-17-6-2-13)11-25-12-16(24)22-20-10-14-3-7-18-8-4-14/h1-10H,11-12H2,(H,21,23)(H,22,24)/b19-9+,20-10+. The van der Waals surface area contributed by atoms with Crippen LogP contribution in [-0.4, -0.2) is 47.4 Å². The Kier molecular flexibility index (Phi) is 7.40. The van der Waals surface area contributed by atoms with Crippen LogP contribution in [0.25, 0.3) is 0 Å². The van der Waals surface area contributed by atoms with Crippen molar-refractivity contribution in [3.63, 3.8) is 0 Å². The minimum atomic E-state index is -0.474. The molecule has 2 N–H and O–H groups in total. The molecule has 0 radical (unpaired) electrons. The van der Waals surface area contributed by atoms with Crippen LogP contribution in [0.1, 0.15) is 11.1 Å². The predicted molar refractivity (Wildman–Crippen MR) is 90.8 cm³/mol. The first-order chi connectivity index (χ1) is 12.2. The van der Waals surface area contributed by atoms with Gasteiger partial charge in [-0.2, -0.15) is 10.2 Å². The predicted octanol–water partition coefficient (Wildman–Crippen LogP) is 0.0936. The summed E-state index contributed by atoms with van der Waals surface area (Å²) >= 11 is 0. The van der Waals surface area contributed by atoms with Gasteiger partial charge in [-0.15, -0.1) is 0 Å². The van der Waals surface area contributed by atoms with Crippen molar-refractivity contribution in [2.24, 2.45) is 10.2 Å². The maximum absolute atomic E-state index is 11.5. The Hall–Kier alpha value is -3.46. The summed E-state index contributed by atoms with van der Waals surface area (Å²) in [5, 5.41) is 7.52. The van der Waals surface area contributed by atoms with Crippen molar-refractivity contribution >= 4 is 24.2 Å². The molecule has 0 unspecified atom stereocenters. The van der Waals surface area contributed by atoms with Crippen molar-refractivity contribution in [3.05, 3.63) is 60.2 Å². The normalized spacial score (nSPS) is 10.9. The number of pyridine rings is 2. The SMILES string of the molecule is O=C(COCC(=O)N/N=C/c1ccncc1)N/N=C/c1ccncc1. The Morgan fingerprint density at radius 1 is 0.840 bits per heavy atom. The fourth-order valence-corrected chi connectivity index (χ4v) is 1.56. The van der Waals surface area contributed by atoms with Gasteiger partial charge in [0.05, 0.1) is 12.4 Å². The minimum absolute atomic E-state index is 0.296. The van der Waals surface area contributed by atoms with E-state index in [9.17, 15) is 9.59 Å². The third kappa shape index (κ3) is 7.57. The summed E-state index contributed by atoms with van der Waals surface area (Å²) in [5.41, 5.74) is 6.16. The Morgan fingerprint density at radius 3 is 1.64 bits per heavy atom. The van der Waals surface area contributed by atoms with Crippen LogP contribution in [0.4, 0.5) is 0 Å². The molecule has 9 nitrogen and oxygen atoms in total. The smallest absolute Gasteiger partial charge is 0.266 e. The van der Waals surface area contributed by atoms with Gasteiger partial charge in [0.2, 0.25) is 0 Å². The van der Waals surface area contributed by atoms with Crippen LogP contribution in [0.3, 0.4) is 0 Å². The van der Waals surface area contributed by atoms with Gasteiger partial charge in [-0.3, -0.25) is 19.6 Å². The van der Waals surface area contributed by atoms with Gasteiger partial charge in [0.1, 0.15) is 13.2 Å².